The third kappa shape index (κ3) is 6.67. The topological polar surface area (TPSA) is 61.4 Å². The first-order valence-electron chi connectivity index (χ1n) is 8.38. The van der Waals surface area contributed by atoms with Crippen molar-refractivity contribution in [2.45, 2.75) is 19.4 Å². The fraction of sp³-hybridized carbons (Fsp3) is 0.300. The predicted octanol–water partition coefficient (Wildman–Crippen LogP) is 2.12. The van der Waals surface area contributed by atoms with E-state index in [0.717, 1.165) is 16.8 Å². The first kappa shape index (κ1) is 18.5. The molecular formula is C20H25N3O2. The SMILES string of the molecule is CN(C)c1ccc(CNC(=O)CCNC(=O)Cc2ccccc2)cc1. The quantitative estimate of drug-likeness (QED) is 0.774. The molecule has 2 amide bonds. The molecule has 2 rings (SSSR count). The van der Waals surface area contributed by atoms with Crippen molar-refractivity contribution < 1.29 is 9.59 Å². The van der Waals surface area contributed by atoms with Gasteiger partial charge in [0.1, 0.15) is 0 Å². The fourth-order valence-corrected chi connectivity index (χ4v) is 2.36. The Kier molecular flexibility index (Phi) is 7.01. The third-order valence-electron chi connectivity index (χ3n) is 3.82. The van der Waals surface area contributed by atoms with Crippen molar-refractivity contribution >= 4 is 17.5 Å². The van der Waals surface area contributed by atoms with Crippen LogP contribution in [0.4, 0.5) is 5.69 Å². The van der Waals surface area contributed by atoms with Crippen LogP contribution < -0.4 is 15.5 Å². The molecular weight excluding hydrogens is 314 g/mol. The molecule has 5 heteroatoms. The van der Waals surface area contributed by atoms with Crippen LogP contribution in [0, 0.1) is 0 Å². The van der Waals surface area contributed by atoms with Crippen LogP contribution in [-0.2, 0) is 22.6 Å². The third-order valence-corrected chi connectivity index (χ3v) is 3.82. The molecule has 0 unspecified atom stereocenters. The van der Waals surface area contributed by atoms with Gasteiger partial charge in [0.05, 0.1) is 6.42 Å². The number of nitrogens with zero attached hydrogens (tertiary/aromatic N) is 1. The van der Waals surface area contributed by atoms with Crippen LogP contribution in [0.15, 0.2) is 54.6 Å². The summed E-state index contributed by atoms with van der Waals surface area (Å²) in [4.78, 5) is 25.7. The zero-order chi connectivity index (χ0) is 18.1. The fourth-order valence-electron chi connectivity index (χ4n) is 2.36. The number of hydrogen-bond acceptors (Lipinski definition) is 3. The van der Waals surface area contributed by atoms with E-state index in [-0.39, 0.29) is 18.2 Å². The van der Waals surface area contributed by atoms with Crippen LogP contribution in [0.25, 0.3) is 0 Å². The molecule has 0 fully saturated rings. The van der Waals surface area contributed by atoms with Gasteiger partial charge in [-0.25, -0.2) is 0 Å². The monoisotopic (exact) mass is 339 g/mol. The summed E-state index contributed by atoms with van der Waals surface area (Å²) in [6.45, 7) is 0.835. The number of amides is 2. The largest absolute Gasteiger partial charge is 0.378 e. The van der Waals surface area contributed by atoms with Gasteiger partial charge in [-0.3, -0.25) is 9.59 Å². The molecule has 25 heavy (non-hydrogen) atoms. The molecule has 0 spiro atoms. The van der Waals surface area contributed by atoms with Crippen molar-refractivity contribution in [1.82, 2.24) is 10.6 Å². The highest BCUT2D eigenvalue weighted by Crippen LogP contribution is 2.11. The Morgan fingerprint density at radius 1 is 0.840 bits per heavy atom. The molecule has 0 radical (unpaired) electrons. The standard InChI is InChI=1S/C20H25N3O2/c1-23(2)18-10-8-17(9-11-18)15-22-19(24)12-13-21-20(25)14-16-6-4-3-5-7-16/h3-11H,12-15H2,1-2H3,(H,21,25)(H,22,24). The molecule has 0 aliphatic rings. The van der Waals surface area contributed by atoms with Crippen molar-refractivity contribution in [2.75, 3.05) is 25.5 Å². The first-order valence-corrected chi connectivity index (χ1v) is 8.38. The lowest BCUT2D eigenvalue weighted by molar-refractivity contribution is -0.122. The van der Waals surface area contributed by atoms with Gasteiger partial charge in [-0.05, 0) is 23.3 Å². The van der Waals surface area contributed by atoms with E-state index in [4.69, 9.17) is 0 Å². The summed E-state index contributed by atoms with van der Waals surface area (Å²) in [5, 5.41) is 5.64. The molecule has 132 valence electrons. The predicted molar refractivity (Wildman–Crippen MR) is 100 cm³/mol. The second kappa shape index (κ2) is 9.47. The minimum atomic E-state index is -0.0725. The van der Waals surface area contributed by atoms with E-state index in [2.05, 4.69) is 10.6 Å². The maximum absolute atomic E-state index is 11.9. The number of hydrogen-bond donors (Lipinski definition) is 2. The average Bonchev–Trinajstić information content (AvgIpc) is 2.61. The Balaban J connectivity index is 1.64. The smallest absolute Gasteiger partial charge is 0.224 e. The molecule has 2 N–H and O–H groups in total. The van der Waals surface area contributed by atoms with Gasteiger partial charge in [-0.1, -0.05) is 42.5 Å². The summed E-state index contributed by atoms with van der Waals surface area (Å²) >= 11 is 0. The summed E-state index contributed by atoms with van der Waals surface area (Å²) < 4.78 is 0. The van der Waals surface area contributed by atoms with E-state index in [1.165, 1.54) is 0 Å². The molecule has 0 aliphatic heterocycles. The number of rotatable bonds is 8. The summed E-state index contributed by atoms with van der Waals surface area (Å²) in [5.74, 6) is -0.144. The molecule has 0 aliphatic carbocycles. The van der Waals surface area contributed by atoms with Crippen molar-refractivity contribution in [3.8, 4) is 0 Å². The van der Waals surface area contributed by atoms with Gasteiger partial charge in [0, 0.05) is 39.3 Å². The van der Waals surface area contributed by atoms with E-state index in [0.29, 0.717) is 19.5 Å². The lowest BCUT2D eigenvalue weighted by atomic mass is 10.1. The van der Waals surface area contributed by atoms with Crippen LogP contribution in [0.3, 0.4) is 0 Å². The number of nitrogens with one attached hydrogen (secondary N) is 2. The minimum absolute atomic E-state index is 0.0710. The molecule has 0 saturated carbocycles. The van der Waals surface area contributed by atoms with Crippen molar-refractivity contribution in [1.29, 1.82) is 0 Å². The molecule has 0 atom stereocenters. The van der Waals surface area contributed by atoms with Crippen LogP contribution in [0.2, 0.25) is 0 Å². The highest BCUT2D eigenvalue weighted by atomic mass is 16.2. The Morgan fingerprint density at radius 3 is 2.16 bits per heavy atom. The molecule has 0 heterocycles. The lowest BCUT2D eigenvalue weighted by Gasteiger charge is -2.13. The molecule has 0 bridgehead atoms. The van der Waals surface area contributed by atoms with Crippen LogP contribution in [0.5, 0.6) is 0 Å². The molecule has 2 aromatic rings. The number of carbonyl (C=O) groups is 2. The van der Waals surface area contributed by atoms with E-state index >= 15 is 0 Å². The van der Waals surface area contributed by atoms with Gasteiger partial charge >= 0.3 is 0 Å². The van der Waals surface area contributed by atoms with Gasteiger partial charge in [-0.2, -0.15) is 0 Å². The number of carbonyl (C=O) groups excluding carboxylic acids is 2. The normalized spacial score (nSPS) is 10.2. The van der Waals surface area contributed by atoms with Crippen molar-refractivity contribution in [3.63, 3.8) is 0 Å². The van der Waals surface area contributed by atoms with Crippen LogP contribution in [0.1, 0.15) is 17.5 Å². The van der Waals surface area contributed by atoms with Crippen LogP contribution >= 0.6 is 0 Å². The van der Waals surface area contributed by atoms with Gasteiger partial charge in [0.15, 0.2) is 0 Å². The second-order valence-electron chi connectivity index (χ2n) is 6.10. The maximum atomic E-state index is 11.9. The van der Waals surface area contributed by atoms with Gasteiger partial charge in [0.2, 0.25) is 11.8 Å². The van der Waals surface area contributed by atoms with E-state index < -0.39 is 0 Å². The number of anilines is 1. The molecule has 0 aromatic heterocycles. The maximum Gasteiger partial charge on any atom is 0.224 e. The Bertz CT molecular complexity index is 682. The highest BCUT2D eigenvalue weighted by molar-refractivity contribution is 5.80. The van der Waals surface area contributed by atoms with Crippen molar-refractivity contribution in [2.24, 2.45) is 0 Å². The van der Waals surface area contributed by atoms with E-state index in [1.54, 1.807) is 0 Å². The van der Waals surface area contributed by atoms with Gasteiger partial charge in [0.25, 0.3) is 0 Å². The summed E-state index contributed by atoms with van der Waals surface area (Å²) in [7, 11) is 3.98. The van der Waals surface area contributed by atoms with Gasteiger partial charge in [-0.15, -0.1) is 0 Å². The summed E-state index contributed by atoms with van der Waals surface area (Å²) in [6.07, 6.45) is 0.608. The second-order valence-corrected chi connectivity index (χ2v) is 6.10. The van der Waals surface area contributed by atoms with E-state index in [9.17, 15) is 9.59 Å². The van der Waals surface area contributed by atoms with Gasteiger partial charge < -0.3 is 15.5 Å². The minimum Gasteiger partial charge on any atom is -0.378 e. The highest BCUT2D eigenvalue weighted by Gasteiger charge is 2.05. The zero-order valence-electron chi connectivity index (χ0n) is 14.8. The Hall–Kier alpha value is -2.82. The van der Waals surface area contributed by atoms with E-state index in [1.807, 2.05) is 73.6 Å². The number of benzene rings is 2. The average molecular weight is 339 g/mol. The molecule has 0 saturated heterocycles. The zero-order valence-corrected chi connectivity index (χ0v) is 14.8. The lowest BCUT2D eigenvalue weighted by Crippen LogP contribution is -2.31. The molecule has 5 nitrogen and oxygen atoms in total. The Morgan fingerprint density at radius 2 is 1.52 bits per heavy atom. The summed E-state index contributed by atoms with van der Waals surface area (Å²) in [6, 6.07) is 17.6. The summed E-state index contributed by atoms with van der Waals surface area (Å²) in [5.41, 5.74) is 3.13. The first-order chi connectivity index (χ1) is 12.0. The molecule has 2 aromatic carbocycles. The van der Waals surface area contributed by atoms with Crippen molar-refractivity contribution in [3.05, 3.63) is 65.7 Å². The Labute approximate surface area is 149 Å². The van der Waals surface area contributed by atoms with Crippen LogP contribution in [-0.4, -0.2) is 32.5 Å².